The zero-order chi connectivity index (χ0) is 20.8. The lowest BCUT2D eigenvalue weighted by Gasteiger charge is -2.12. The maximum Gasteiger partial charge on any atom is 0.339 e. The van der Waals surface area contributed by atoms with Crippen LogP contribution in [0.2, 0.25) is 0 Å². The fourth-order valence-corrected chi connectivity index (χ4v) is 2.82. The van der Waals surface area contributed by atoms with Gasteiger partial charge in [0.15, 0.2) is 0 Å². The highest BCUT2D eigenvalue weighted by atomic mass is 16.5. The Bertz CT molecular complexity index is 1010. The van der Waals surface area contributed by atoms with Gasteiger partial charge in [0, 0.05) is 11.9 Å². The zero-order valence-electron chi connectivity index (χ0n) is 16.6. The average Bonchev–Trinajstić information content (AvgIpc) is 2.74. The van der Waals surface area contributed by atoms with E-state index in [4.69, 9.17) is 4.74 Å². The third kappa shape index (κ3) is 4.99. The van der Waals surface area contributed by atoms with Gasteiger partial charge in [-0.05, 0) is 41.8 Å². The van der Waals surface area contributed by atoms with E-state index >= 15 is 0 Å². The monoisotopic (exact) mass is 389 g/mol. The number of methoxy groups -OCH3 is 1. The van der Waals surface area contributed by atoms with Crippen LogP contribution in [-0.2, 0) is 4.74 Å². The third-order valence-corrected chi connectivity index (χ3v) is 4.45. The molecule has 0 saturated carbocycles. The predicted octanol–water partition coefficient (Wildman–Crippen LogP) is 4.99. The lowest BCUT2D eigenvalue weighted by Crippen LogP contribution is -2.12. The Hall–Kier alpha value is -3.67. The van der Waals surface area contributed by atoms with E-state index in [0.717, 1.165) is 0 Å². The normalized spacial score (nSPS) is 10.5. The molecule has 0 unspecified atom stereocenters. The molecule has 0 aliphatic rings. The molecule has 148 valence electrons. The summed E-state index contributed by atoms with van der Waals surface area (Å²) in [5, 5.41) is 6.00. The number of amides is 1. The highest BCUT2D eigenvalue weighted by molar-refractivity contribution is 6.04. The fraction of sp³-hybridized carbons (Fsp3) is 0.174. The molecule has 0 aliphatic heterocycles. The highest BCUT2D eigenvalue weighted by Crippen LogP contribution is 2.22. The smallest absolute Gasteiger partial charge is 0.339 e. The number of anilines is 3. The van der Waals surface area contributed by atoms with E-state index < -0.39 is 5.97 Å². The Morgan fingerprint density at radius 1 is 0.966 bits per heavy atom. The number of para-hydroxylation sites is 1. The van der Waals surface area contributed by atoms with Crippen molar-refractivity contribution >= 4 is 28.9 Å². The minimum atomic E-state index is -0.445. The Morgan fingerprint density at radius 2 is 1.69 bits per heavy atom. The molecule has 3 rings (SSSR count). The van der Waals surface area contributed by atoms with Crippen LogP contribution < -0.4 is 10.6 Å². The van der Waals surface area contributed by atoms with Crippen LogP contribution >= 0.6 is 0 Å². The molecule has 0 atom stereocenters. The quantitative estimate of drug-likeness (QED) is 0.581. The number of nitrogens with zero attached hydrogens (tertiary/aromatic N) is 1. The molecule has 2 N–H and O–H groups in total. The summed E-state index contributed by atoms with van der Waals surface area (Å²) < 4.78 is 4.81. The summed E-state index contributed by atoms with van der Waals surface area (Å²) >= 11 is 0. The van der Waals surface area contributed by atoms with Crippen LogP contribution in [0, 0.1) is 0 Å². The Labute approximate surface area is 169 Å². The van der Waals surface area contributed by atoms with Crippen LogP contribution in [-0.4, -0.2) is 24.0 Å². The van der Waals surface area contributed by atoms with Gasteiger partial charge in [0.1, 0.15) is 0 Å². The topological polar surface area (TPSA) is 80.3 Å². The minimum Gasteiger partial charge on any atom is -0.465 e. The number of carbonyl (C=O) groups is 2. The van der Waals surface area contributed by atoms with Crippen molar-refractivity contribution in [3.8, 4) is 0 Å². The van der Waals surface area contributed by atoms with Gasteiger partial charge in [-0.2, -0.15) is 0 Å². The molecule has 29 heavy (non-hydrogen) atoms. The summed E-state index contributed by atoms with van der Waals surface area (Å²) in [5.74, 6) is -0.279. The first-order valence-corrected chi connectivity index (χ1v) is 9.28. The molecule has 0 aliphatic carbocycles. The van der Waals surface area contributed by atoms with Crippen molar-refractivity contribution in [1.82, 2.24) is 4.98 Å². The summed E-state index contributed by atoms with van der Waals surface area (Å²) in [4.78, 5) is 28.7. The van der Waals surface area contributed by atoms with Crippen molar-refractivity contribution in [2.75, 3.05) is 17.7 Å². The largest absolute Gasteiger partial charge is 0.465 e. The SMILES string of the molecule is COC(=O)c1ccccc1Nc1cncc(C(=O)Nc2ccc(C(C)C)cc2)c1. The van der Waals surface area contributed by atoms with E-state index in [0.29, 0.717) is 34.1 Å². The summed E-state index contributed by atoms with van der Waals surface area (Å²) in [6.45, 7) is 4.24. The van der Waals surface area contributed by atoms with E-state index in [1.807, 2.05) is 24.3 Å². The first-order chi connectivity index (χ1) is 14.0. The molecule has 2 aromatic carbocycles. The van der Waals surface area contributed by atoms with Gasteiger partial charge in [0.2, 0.25) is 0 Å². The average molecular weight is 389 g/mol. The van der Waals surface area contributed by atoms with Crippen molar-refractivity contribution in [1.29, 1.82) is 0 Å². The van der Waals surface area contributed by atoms with Gasteiger partial charge in [0.05, 0.1) is 35.8 Å². The van der Waals surface area contributed by atoms with E-state index in [-0.39, 0.29) is 5.91 Å². The van der Waals surface area contributed by atoms with Crippen molar-refractivity contribution in [3.63, 3.8) is 0 Å². The highest BCUT2D eigenvalue weighted by Gasteiger charge is 2.13. The Morgan fingerprint density at radius 3 is 2.38 bits per heavy atom. The first-order valence-electron chi connectivity index (χ1n) is 9.28. The zero-order valence-corrected chi connectivity index (χ0v) is 16.6. The van der Waals surface area contributed by atoms with Crippen molar-refractivity contribution < 1.29 is 14.3 Å². The summed E-state index contributed by atoms with van der Waals surface area (Å²) in [5.41, 5.74) is 3.88. The standard InChI is InChI=1S/C23H23N3O3/c1-15(2)16-8-10-18(11-9-16)26-22(27)17-12-19(14-24-13-17)25-21-7-5-4-6-20(21)23(28)29-3/h4-15,25H,1-3H3,(H,26,27). The van der Waals surface area contributed by atoms with Crippen molar-refractivity contribution in [2.45, 2.75) is 19.8 Å². The summed E-state index contributed by atoms with van der Waals surface area (Å²) in [6, 6.07) is 16.4. The van der Waals surface area contributed by atoms with Gasteiger partial charge in [0.25, 0.3) is 5.91 Å². The van der Waals surface area contributed by atoms with Gasteiger partial charge in [-0.15, -0.1) is 0 Å². The second-order valence-corrected chi connectivity index (χ2v) is 6.86. The Kier molecular flexibility index (Phi) is 6.24. The maximum absolute atomic E-state index is 12.6. The lowest BCUT2D eigenvalue weighted by molar-refractivity contribution is 0.0601. The van der Waals surface area contributed by atoms with Crippen molar-refractivity contribution in [2.24, 2.45) is 0 Å². The number of nitrogens with one attached hydrogen (secondary N) is 2. The number of hydrogen-bond acceptors (Lipinski definition) is 5. The van der Waals surface area contributed by atoms with Gasteiger partial charge >= 0.3 is 5.97 Å². The number of esters is 1. The van der Waals surface area contributed by atoms with Gasteiger partial charge in [-0.3, -0.25) is 9.78 Å². The van der Waals surface area contributed by atoms with Gasteiger partial charge < -0.3 is 15.4 Å². The molecule has 0 radical (unpaired) electrons. The Balaban J connectivity index is 1.76. The number of pyridine rings is 1. The van der Waals surface area contributed by atoms with Crippen LogP contribution in [0.3, 0.4) is 0 Å². The van der Waals surface area contributed by atoms with Crippen molar-refractivity contribution in [3.05, 3.63) is 83.7 Å². The molecule has 0 bridgehead atoms. The van der Waals surface area contributed by atoms with E-state index in [1.165, 1.54) is 18.9 Å². The van der Waals surface area contributed by atoms with Crippen LogP contribution in [0.4, 0.5) is 17.1 Å². The fourth-order valence-electron chi connectivity index (χ4n) is 2.82. The molecule has 0 spiro atoms. The van der Waals surface area contributed by atoms with Crippen LogP contribution in [0.25, 0.3) is 0 Å². The molecule has 1 heterocycles. The maximum atomic E-state index is 12.6. The van der Waals surface area contributed by atoms with E-state index in [9.17, 15) is 9.59 Å². The molecule has 1 amide bonds. The van der Waals surface area contributed by atoms with Crippen LogP contribution in [0.5, 0.6) is 0 Å². The van der Waals surface area contributed by atoms with Crippen LogP contribution in [0.1, 0.15) is 46.0 Å². The number of benzene rings is 2. The molecule has 3 aromatic rings. The minimum absolute atomic E-state index is 0.264. The molecule has 0 saturated heterocycles. The number of carbonyl (C=O) groups excluding carboxylic acids is 2. The molecular formula is C23H23N3O3. The van der Waals surface area contributed by atoms with Gasteiger partial charge in [-0.25, -0.2) is 4.79 Å². The molecular weight excluding hydrogens is 366 g/mol. The lowest BCUT2D eigenvalue weighted by atomic mass is 10.0. The van der Waals surface area contributed by atoms with E-state index in [2.05, 4.69) is 29.5 Å². The summed E-state index contributed by atoms with van der Waals surface area (Å²) in [7, 11) is 1.33. The molecule has 0 fully saturated rings. The second kappa shape index (κ2) is 9.01. The first kappa shape index (κ1) is 20.1. The van der Waals surface area contributed by atoms with Gasteiger partial charge in [-0.1, -0.05) is 38.1 Å². The molecule has 1 aromatic heterocycles. The molecule has 6 heteroatoms. The van der Waals surface area contributed by atoms with E-state index in [1.54, 1.807) is 36.5 Å². The number of aromatic nitrogens is 1. The number of ether oxygens (including phenoxy) is 1. The third-order valence-electron chi connectivity index (χ3n) is 4.45. The number of rotatable bonds is 6. The summed E-state index contributed by atoms with van der Waals surface area (Å²) in [6.07, 6.45) is 3.08. The second-order valence-electron chi connectivity index (χ2n) is 6.86. The number of hydrogen-bond donors (Lipinski definition) is 2. The van der Waals surface area contributed by atoms with Crippen LogP contribution in [0.15, 0.2) is 67.0 Å². The molecule has 6 nitrogen and oxygen atoms in total. The predicted molar refractivity (Wildman–Crippen MR) is 114 cm³/mol.